The first-order valence-electron chi connectivity index (χ1n) is 7.23. The number of aromatic carboxylic acids is 1. The second-order valence-electron chi connectivity index (χ2n) is 5.14. The van der Waals surface area contributed by atoms with Crippen LogP contribution in [0.15, 0.2) is 30.3 Å². The number of ketones is 1. The predicted molar refractivity (Wildman–Crippen MR) is 106 cm³/mol. The average Bonchev–Trinajstić information content (AvgIpc) is 2.60. The van der Waals surface area contributed by atoms with Crippen molar-refractivity contribution < 1.29 is 28.9 Å². The molecule has 1 N–H and O–H groups in total. The Balaban J connectivity index is 1.73. The third-order valence-electron chi connectivity index (χ3n) is 3.46. The molecule has 0 saturated heterocycles. The fourth-order valence-corrected chi connectivity index (χ4v) is 4.34. The van der Waals surface area contributed by atoms with E-state index in [1.807, 2.05) is 45.2 Å². The van der Waals surface area contributed by atoms with E-state index in [0.29, 0.717) is 43.2 Å². The number of hydrogen-bond donors (Lipinski definition) is 1. The molecule has 1 aliphatic rings. The van der Waals surface area contributed by atoms with Crippen LogP contribution >= 0.6 is 45.2 Å². The first-order chi connectivity index (χ1) is 12.0. The third kappa shape index (κ3) is 4.17. The van der Waals surface area contributed by atoms with Crippen LogP contribution in [0.5, 0.6) is 17.2 Å². The molecule has 3 rings (SSSR count). The van der Waals surface area contributed by atoms with Gasteiger partial charge in [0.05, 0.1) is 12.7 Å². The molecule has 0 radical (unpaired) electrons. The van der Waals surface area contributed by atoms with Crippen molar-refractivity contribution in [3.05, 3.63) is 48.6 Å². The first kappa shape index (κ1) is 18.2. The summed E-state index contributed by atoms with van der Waals surface area (Å²) >= 11 is 3.99. The molecule has 8 heteroatoms. The molecule has 2 aromatic rings. The SMILES string of the molecule is O=C(O)c1cc(I)c(OCC(=O)c2ccc3c(c2)OCCO3)c(I)c1. The highest BCUT2D eigenvalue weighted by Gasteiger charge is 2.17. The lowest BCUT2D eigenvalue weighted by molar-refractivity contribution is 0.0696. The zero-order valence-corrected chi connectivity index (χ0v) is 17.1. The van der Waals surface area contributed by atoms with Crippen molar-refractivity contribution in [3.63, 3.8) is 0 Å². The standard InChI is InChI=1S/C17H12I2O6/c18-11-5-10(17(21)22)6-12(19)16(11)25-8-13(20)9-1-2-14-15(7-9)24-4-3-23-14/h1-2,5-7H,3-4,8H2,(H,21,22). The number of halogens is 2. The van der Waals surface area contributed by atoms with E-state index in [1.54, 1.807) is 18.2 Å². The van der Waals surface area contributed by atoms with Crippen LogP contribution in [-0.4, -0.2) is 36.7 Å². The smallest absolute Gasteiger partial charge is 0.335 e. The normalized spacial score (nSPS) is 12.6. The Morgan fingerprint density at radius 3 is 2.28 bits per heavy atom. The number of Topliss-reactive ketones (excluding diaryl/α,β-unsaturated/α-hetero) is 1. The zero-order valence-electron chi connectivity index (χ0n) is 12.8. The van der Waals surface area contributed by atoms with Gasteiger partial charge in [0.25, 0.3) is 0 Å². The topological polar surface area (TPSA) is 82.1 Å². The van der Waals surface area contributed by atoms with E-state index < -0.39 is 5.97 Å². The van der Waals surface area contributed by atoms with Crippen LogP contribution in [0.3, 0.4) is 0 Å². The summed E-state index contributed by atoms with van der Waals surface area (Å²) in [4.78, 5) is 23.4. The Labute approximate surface area is 170 Å². The van der Waals surface area contributed by atoms with Gasteiger partial charge in [-0.2, -0.15) is 0 Å². The van der Waals surface area contributed by atoms with Gasteiger partial charge in [0.2, 0.25) is 0 Å². The van der Waals surface area contributed by atoms with E-state index >= 15 is 0 Å². The molecule has 1 aliphatic heterocycles. The minimum absolute atomic E-state index is 0.155. The van der Waals surface area contributed by atoms with Crippen LogP contribution in [0.2, 0.25) is 0 Å². The molecule has 0 bridgehead atoms. The van der Waals surface area contributed by atoms with Gasteiger partial charge in [-0.3, -0.25) is 4.79 Å². The molecule has 0 spiro atoms. The Kier molecular flexibility index (Phi) is 5.67. The molecule has 6 nitrogen and oxygen atoms in total. The van der Waals surface area contributed by atoms with Crippen LogP contribution < -0.4 is 14.2 Å². The second-order valence-corrected chi connectivity index (χ2v) is 7.47. The molecule has 0 atom stereocenters. The summed E-state index contributed by atoms with van der Waals surface area (Å²) in [6.07, 6.45) is 0. The molecular formula is C17H12I2O6. The monoisotopic (exact) mass is 566 g/mol. The summed E-state index contributed by atoms with van der Waals surface area (Å²) < 4.78 is 17.8. The van der Waals surface area contributed by atoms with Crippen molar-refractivity contribution in [2.24, 2.45) is 0 Å². The maximum absolute atomic E-state index is 12.4. The summed E-state index contributed by atoms with van der Waals surface area (Å²) in [5, 5.41) is 9.06. The number of hydrogen-bond acceptors (Lipinski definition) is 5. The van der Waals surface area contributed by atoms with Gasteiger partial charge in [-0.15, -0.1) is 0 Å². The summed E-state index contributed by atoms with van der Waals surface area (Å²) in [7, 11) is 0. The van der Waals surface area contributed by atoms with E-state index in [2.05, 4.69) is 0 Å². The first-order valence-corrected chi connectivity index (χ1v) is 9.39. The van der Waals surface area contributed by atoms with Gasteiger partial charge in [0, 0.05) is 5.56 Å². The Hall–Kier alpha value is -1.56. The van der Waals surface area contributed by atoms with Crippen LogP contribution in [0.25, 0.3) is 0 Å². The number of carbonyl (C=O) groups excluding carboxylic acids is 1. The lowest BCUT2D eigenvalue weighted by atomic mass is 10.1. The van der Waals surface area contributed by atoms with Gasteiger partial charge in [0.1, 0.15) is 19.0 Å². The molecular weight excluding hydrogens is 554 g/mol. The lowest BCUT2D eigenvalue weighted by Gasteiger charge is -2.18. The van der Waals surface area contributed by atoms with E-state index in [9.17, 15) is 9.59 Å². The van der Waals surface area contributed by atoms with E-state index in [0.717, 1.165) is 0 Å². The van der Waals surface area contributed by atoms with Crippen molar-refractivity contribution in [1.29, 1.82) is 0 Å². The minimum Gasteiger partial charge on any atom is -0.486 e. The number of benzene rings is 2. The van der Waals surface area contributed by atoms with Gasteiger partial charge in [0.15, 0.2) is 23.9 Å². The summed E-state index contributed by atoms with van der Waals surface area (Å²) in [6, 6.07) is 8.03. The van der Waals surface area contributed by atoms with Gasteiger partial charge in [-0.05, 0) is 75.5 Å². The number of carboxylic acids is 1. The van der Waals surface area contributed by atoms with Crippen molar-refractivity contribution in [1.82, 2.24) is 0 Å². The molecule has 0 aliphatic carbocycles. The third-order valence-corrected chi connectivity index (χ3v) is 5.06. The van der Waals surface area contributed by atoms with Crippen LogP contribution in [-0.2, 0) is 0 Å². The van der Waals surface area contributed by atoms with Gasteiger partial charge >= 0.3 is 5.97 Å². The van der Waals surface area contributed by atoms with E-state index in [4.69, 9.17) is 19.3 Å². The highest BCUT2D eigenvalue weighted by molar-refractivity contribution is 14.1. The van der Waals surface area contributed by atoms with Gasteiger partial charge in [-0.25, -0.2) is 4.79 Å². The highest BCUT2D eigenvalue weighted by atomic mass is 127. The van der Waals surface area contributed by atoms with Gasteiger partial charge in [-0.1, -0.05) is 0 Å². The maximum atomic E-state index is 12.4. The minimum atomic E-state index is -1.00. The van der Waals surface area contributed by atoms with E-state index in [1.165, 1.54) is 12.1 Å². The number of rotatable bonds is 5. The summed E-state index contributed by atoms with van der Waals surface area (Å²) in [5.74, 6) is 0.460. The maximum Gasteiger partial charge on any atom is 0.335 e. The number of carboxylic acid groups (broad SMARTS) is 1. The van der Waals surface area contributed by atoms with Crippen molar-refractivity contribution in [2.45, 2.75) is 0 Å². The fourth-order valence-electron chi connectivity index (χ4n) is 2.26. The van der Waals surface area contributed by atoms with E-state index in [-0.39, 0.29) is 18.0 Å². The van der Waals surface area contributed by atoms with Gasteiger partial charge < -0.3 is 19.3 Å². The second kappa shape index (κ2) is 7.77. The quantitative estimate of drug-likeness (QED) is 0.440. The molecule has 1 heterocycles. The van der Waals surface area contributed by atoms with Crippen LogP contribution in [0, 0.1) is 7.14 Å². The Bertz CT molecular complexity index is 826. The molecule has 0 amide bonds. The fraction of sp³-hybridized carbons (Fsp3) is 0.176. The molecule has 2 aromatic carbocycles. The number of carbonyl (C=O) groups is 2. The summed E-state index contributed by atoms with van der Waals surface area (Å²) in [6.45, 7) is 0.790. The molecule has 130 valence electrons. The largest absolute Gasteiger partial charge is 0.486 e. The average molecular weight is 566 g/mol. The number of ether oxygens (including phenoxy) is 3. The molecule has 0 saturated carbocycles. The molecule has 0 unspecified atom stereocenters. The Morgan fingerprint density at radius 1 is 1.00 bits per heavy atom. The van der Waals surface area contributed by atoms with Crippen LogP contribution in [0.1, 0.15) is 20.7 Å². The van der Waals surface area contributed by atoms with Crippen molar-refractivity contribution >= 4 is 56.9 Å². The lowest BCUT2D eigenvalue weighted by Crippen LogP contribution is -2.17. The predicted octanol–water partition coefficient (Wildman–Crippen LogP) is 3.63. The highest BCUT2D eigenvalue weighted by Crippen LogP contribution is 2.32. The molecule has 25 heavy (non-hydrogen) atoms. The summed E-state index contributed by atoms with van der Waals surface area (Å²) in [5.41, 5.74) is 0.649. The zero-order chi connectivity index (χ0) is 18.0. The molecule has 0 fully saturated rings. The molecule has 0 aromatic heterocycles. The van der Waals surface area contributed by atoms with Crippen molar-refractivity contribution in [2.75, 3.05) is 19.8 Å². The Morgan fingerprint density at radius 2 is 1.64 bits per heavy atom. The van der Waals surface area contributed by atoms with Crippen LogP contribution in [0.4, 0.5) is 0 Å². The number of fused-ring (bicyclic) bond motifs is 1. The van der Waals surface area contributed by atoms with Crippen molar-refractivity contribution in [3.8, 4) is 17.2 Å².